The van der Waals surface area contributed by atoms with Crippen molar-refractivity contribution in [1.82, 2.24) is 14.9 Å². The summed E-state index contributed by atoms with van der Waals surface area (Å²) in [6.07, 6.45) is 1.75. The van der Waals surface area contributed by atoms with Crippen LogP contribution in [0.3, 0.4) is 0 Å². The highest BCUT2D eigenvalue weighted by Crippen LogP contribution is 2.20. The number of primary sulfonamides is 1. The third kappa shape index (κ3) is 4.18. The molecule has 0 radical (unpaired) electrons. The van der Waals surface area contributed by atoms with Gasteiger partial charge in [-0.1, -0.05) is 24.3 Å². The van der Waals surface area contributed by atoms with Crippen LogP contribution in [-0.2, 0) is 16.6 Å². The molecule has 0 fully saturated rings. The summed E-state index contributed by atoms with van der Waals surface area (Å²) in [6, 6.07) is 17.2. The fourth-order valence-corrected chi connectivity index (χ4v) is 3.82. The monoisotopic (exact) mass is 438 g/mol. The van der Waals surface area contributed by atoms with Crippen molar-refractivity contribution in [2.75, 3.05) is 0 Å². The molecule has 0 unspecified atom stereocenters. The van der Waals surface area contributed by atoms with Crippen LogP contribution in [0.4, 0.5) is 4.39 Å². The average Bonchev–Trinajstić information content (AvgIpc) is 3.17. The number of nitrogens with one attached hydrogen (secondary N) is 1. The normalized spacial score (nSPS) is 11.6. The van der Waals surface area contributed by atoms with Crippen molar-refractivity contribution < 1.29 is 17.6 Å². The van der Waals surface area contributed by atoms with E-state index in [9.17, 15) is 17.6 Å². The molecule has 158 valence electrons. The zero-order valence-electron chi connectivity index (χ0n) is 16.5. The third-order valence-corrected chi connectivity index (χ3v) is 5.90. The first-order valence-electron chi connectivity index (χ1n) is 9.36. The SMILES string of the molecule is Cc1c(F)cc(S(N)(=O)=O)cc1C(=O)NCc1ccc(-n2cnc3ccccc32)cc1. The maximum atomic E-state index is 14.1. The van der Waals surface area contributed by atoms with E-state index in [0.29, 0.717) is 0 Å². The van der Waals surface area contributed by atoms with Gasteiger partial charge >= 0.3 is 0 Å². The van der Waals surface area contributed by atoms with E-state index in [2.05, 4.69) is 10.3 Å². The van der Waals surface area contributed by atoms with Crippen LogP contribution in [0.25, 0.3) is 16.7 Å². The Morgan fingerprint density at radius 1 is 1.13 bits per heavy atom. The minimum Gasteiger partial charge on any atom is -0.348 e. The molecule has 0 spiro atoms. The number of benzene rings is 3. The Balaban J connectivity index is 1.51. The van der Waals surface area contributed by atoms with Crippen LogP contribution in [0.5, 0.6) is 0 Å². The minimum atomic E-state index is -4.13. The standard InChI is InChI=1S/C22H19FN4O3S/c1-14-18(10-17(11-19(14)23)31(24,29)30)22(28)25-12-15-6-8-16(9-7-15)27-13-26-20-4-2-3-5-21(20)27/h2-11,13H,12H2,1H3,(H,25,28)(H2,24,29,30). The number of aromatic nitrogens is 2. The first kappa shape index (κ1) is 20.7. The number of carbonyl (C=O) groups excluding carboxylic acids is 1. The molecule has 1 amide bonds. The molecule has 7 nitrogen and oxygen atoms in total. The van der Waals surface area contributed by atoms with Gasteiger partial charge in [0.15, 0.2) is 0 Å². The molecule has 3 N–H and O–H groups in total. The van der Waals surface area contributed by atoms with Crippen LogP contribution in [0.1, 0.15) is 21.5 Å². The topological polar surface area (TPSA) is 107 Å². The van der Waals surface area contributed by atoms with Gasteiger partial charge in [-0.2, -0.15) is 0 Å². The zero-order valence-corrected chi connectivity index (χ0v) is 17.4. The van der Waals surface area contributed by atoms with Crippen LogP contribution in [0, 0.1) is 12.7 Å². The second-order valence-corrected chi connectivity index (χ2v) is 8.64. The second-order valence-electron chi connectivity index (χ2n) is 7.08. The van der Waals surface area contributed by atoms with Gasteiger partial charge in [-0.3, -0.25) is 9.36 Å². The lowest BCUT2D eigenvalue weighted by Gasteiger charge is -2.11. The molecule has 0 aliphatic heterocycles. The van der Waals surface area contributed by atoms with Gasteiger partial charge in [0.1, 0.15) is 12.1 Å². The Labute approximate surface area is 178 Å². The first-order chi connectivity index (χ1) is 14.7. The number of nitrogens with two attached hydrogens (primary N) is 1. The van der Waals surface area contributed by atoms with E-state index in [-0.39, 0.29) is 17.7 Å². The lowest BCUT2D eigenvalue weighted by Crippen LogP contribution is -2.25. The van der Waals surface area contributed by atoms with Crippen LogP contribution >= 0.6 is 0 Å². The number of nitrogens with zero attached hydrogens (tertiary/aromatic N) is 2. The molecule has 31 heavy (non-hydrogen) atoms. The van der Waals surface area contributed by atoms with Crippen molar-refractivity contribution in [2.24, 2.45) is 5.14 Å². The summed E-state index contributed by atoms with van der Waals surface area (Å²) in [5.74, 6) is -1.40. The van der Waals surface area contributed by atoms with E-state index >= 15 is 0 Å². The van der Waals surface area contributed by atoms with Crippen molar-refractivity contribution in [3.8, 4) is 5.69 Å². The Kier molecular flexibility index (Phi) is 5.30. The second kappa shape index (κ2) is 7.93. The lowest BCUT2D eigenvalue weighted by atomic mass is 10.1. The molecule has 0 saturated heterocycles. The number of para-hydroxylation sites is 2. The molecule has 4 rings (SSSR count). The number of hydrogen-bond donors (Lipinski definition) is 2. The summed E-state index contributed by atoms with van der Waals surface area (Å²) >= 11 is 0. The average molecular weight is 438 g/mol. The fourth-order valence-electron chi connectivity index (χ4n) is 3.27. The Morgan fingerprint density at radius 2 is 1.84 bits per heavy atom. The number of fused-ring (bicyclic) bond motifs is 1. The summed E-state index contributed by atoms with van der Waals surface area (Å²) in [5.41, 5.74) is 3.58. The van der Waals surface area contributed by atoms with Gasteiger partial charge in [0.2, 0.25) is 10.0 Å². The van der Waals surface area contributed by atoms with E-state index in [1.807, 2.05) is 53.1 Å². The number of hydrogen-bond acceptors (Lipinski definition) is 4. The summed E-state index contributed by atoms with van der Waals surface area (Å²) in [6.45, 7) is 1.59. The van der Waals surface area contributed by atoms with Gasteiger partial charge in [-0.15, -0.1) is 0 Å². The molecule has 3 aromatic carbocycles. The van der Waals surface area contributed by atoms with Crippen LogP contribution < -0.4 is 10.5 Å². The molecule has 0 atom stereocenters. The number of imidazole rings is 1. The molecule has 1 heterocycles. The molecule has 1 aromatic heterocycles. The molecule has 9 heteroatoms. The minimum absolute atomic E-state index is 0.0484. The maximum absolute atomic E-state index is 14.1. The number of sulfonamides is 1. The number of amides is 1. The highest BCUT2D eigenvalue weighted by molar-refractivity contribution is 7.89. The predicted octanol–water partition coefficient (Wildman–Crippen LogP) is 3.05. The van der Waals surface area contributed by atoms with Crippen molar-refractivity contribution >= 4 is 27.0 Å². The van der Waals surface area contributed by atoms with E-state index < -0.39 is 26.6 Å². The molecule has 4 aromatic rings. The zero-order chi connectivity index (χ0) is 22.2. The lowest BCUT2D eigenvalue weighted by molar-refractivity contribution is 0.0949. The fraction of sp³-hybridized carbons (Fsp3) is 0.0909. The molecular weight excluding hydrogens is 419 g/mol. The molecule has 0 bridgehead atoms. The summed E-state index contributed by atoms with van der Waals surface area (Å²) in [7, 11) is -4.13. The summed E-state index contributed by atoms with van der Waals surface area (Å²) in [4.78, 5) is 16.5. The van der Waals surface area contributed by atoms with E-state index in [1.54, 1.807) is 6.33 Å². The number of halogens is 1. The van der Waals surface area contributed by atoms with E-state index in [0.717, 1.165) is 34.4 Å². The molecule has 0 aliphatic rings. The van der Waals surface area contributed by atoms with Crippen LogP contribution in [0.2, 0.25) is 0 Å². The Morgan fingerprint density at radius 3 is 2.55 bits per heavy atom. The summed E-state index contributed by atoms with van der Waals surface area (Å²) < 4.78 is 39.1. The van der Waals surface area contributed by atoms with Crippen molar-refractivity contribution in [3.63, 3.8) is 0 Å². The molecule has 0 saturated carbocycles. The van der Waals surface area contributed by atoms with Crippen molar-refractivity contribution in [3.05, 3.63) is 89.5 Å². The number of rotatable bonds is 5. The van der Waals surface area contributed by atoms with Gasteiger partial charge in [0.05, 0.1) is 15.9 Å². The quantitative estimate of drug-likeness (QED) is 0.499. The Bertz CT molecular complexity index is 1400. The van der Waals surface area contributed by atoms with Gasteiger partial charge < -0.3 is 5.32 Å². The van der Waals surface area contributed by atoms with Gasteiger partial charge in [0, 0.05) is 17.8 Å². The largest absolute Gasteiger partial charge is 0.348 e. The van der Waals surface area contributed by atoms with Crippen molar-refractivity contribution in [2.45, 2.75) is 18.4 Å². The molecular formula is C22H19FN4O3S. The first-order valence-corrected chi connectivity index (χ1v) is 10.9. The van der Waals surface area contributed by atoms with E-state index in [1.165, 1.54) is 6.92 Å². The van der Waals surface area contributed by atoms with Crippen LogP contribution in [0.15, 0.2) is 71.9 Å². The van der Waals surface area contributed by atoms with Crippen molar-refractivity contribution in [1.29, 1.82) is 0 Å². The maximum Gasteiger partial charge on any atom is 0.251 e. The van der Waals surface area contributed by atoms with Gasteiger partial charge in [-0.05, 0) is 54.4 Å². The van der Waals surface area contributed by atoms with E-state index in [4.69, 9.17) is 5.14 Å². The predicted molar refractivity (Wildman–Crippen MR) is 115 cm³/mol. The third-order valence-electron chi connectivity index (χ3n) is 5.01. The summed E-state index contributed by atoms with van der Waals surface area (Å²) in [5, 5.41) is 7.75. The van der Waals surface area contributed by atoms with Gasteiger partial charge in [0.25, 0.3) is 5.91 Å². The highest BCUT2D eigenvalue weighted by atomic mass is 32.2. The smallest absolute Gasteiger partial charge is 0.251 e. The van der Waals surface area contributed by atoms with Gasteiger partial charge in [-0.25, -0.2) is 22.9 Å². The molecule has 0 aliphatic carbocycles. The number of carbonyl (C=O) groups is 1. The Hall–Kier alpha value is -3.56. The highest BCUT2D eigenvalue weighted by Gasteiger charge is 2.18. The van der Waals surface area contributed by atoms with Crippen LogP contribution in [-0.4, -0.2) is 23.9 Å².